The van der Waals surface area contributed by atoms with Crippen molar-refractivity contribution in [2.75, 3.05) is 0 Å². The number of benzene rings is 1. The summed E-state index contributed by atoms with van der Waals surface area (Å²) in [4.78, 5) is 4.26. The normalized spacial score (nSPS) is 9.47. The van der Waals surface area contributed by atoms with Gasteiger partial charge in [-0.2, -0.15) is 0 Å². The Morgan fingerprint density at radius 2 is 1.82 bits per heavy atom. The van der Waals surface area contributed by atoms with Gasteiger partial charge >= 0.3 is 0 Å². The van der Waals surface area contributed by atoms with Crippen LogP contribution in [0.15, 0.2) is 30.5 Å². The molecule has 2 rings (SSSR count). The molecule has 0 fully saturated rings. The molecule has 1 nitrogen and oxygen atoms in total. The fourth-order valence-corrected chi connectivity index (χ4v) is 1.58. The maximum atomic E-state index is 5.93. The molecule has 0 aliphatic rings. The summed E-state index contributed by atoms with van der Waals surface area (Å²) in [6, 6.07) is 8.15. The van der Waals surface area contributed by atoms with Crippen molar-refractivity contribution in [2.24, 2.45) is 0 Å². The van der Waals surface area contributed by atoms with Crippen molar-refractivity contribution in [3.8, 4) is 0 Å². The van der Waals surface area contributed by atoms with Crippen LogP contribution in [0.1, 0.15) is 39.2 Å². The van der Waals surface area contributed by atoms with Crippen molar-refractivity contribution in [3.05, 3.63) is 36.0 Å². The van der Waals surface area contributed by atoms with E-state index in [-0.39, 0.29) is 8.41 Å². The molecule has 85 valence electrons. The van der Waals surface area contributed by atoms with Gasteiger partial charge in [0.25, 0.3) is 0 Å². The van der Waals surface area contributed by atoms with Crippen LogP contribution in [0.2, 0.25) is 0 Å². The first-order valence-electron chi connectivity index (χ1n) is 5.82. The molecule has 0 saturated heterocycles. The Labute approximate surface area is 108 Å². The van der Waals surface area contributed by atoms with Crippen LogP contribution < -0.4 is 5.46 Å². The first-order chi connectivity index (χ1) is 7.68. The van der Waals surface area contributed by atoms with Crippen molar-refractivity contribution in [1.82, 2.24) is 4.98 Å². The standard InChI is InChI=1S/C12H12BN.C2H6.B/c1-8(2)10-6-9-4-3-5-14-12(9)11(13)7-10;1-2;/h3-8H,1-2H3;1-2H3;. The molecule has 0 aliphatic heterocycles. The quantitative estimate of drug-likeness (QED) is 0.676. The van der Waals surface area contributed by atoms with Crippen LogP contribution in [-0.2, 0) is 0 Å². The average Bonchev–Trinajstić information content (AvgIpc) is 2.31. The molecule has 0 atom stereocenters. The number of hydrogen-bond acceptors (Lipinski definition) is 1. The molecule has 0 saturated carbocycles. The summed E-state index contributed by atoms with van der Waals surface area (Å²) >= 11 is 0. The van der Waals surface area contributed by atoms with Gasteiger partial charge in [-0.3, -0.25) is 4.98 Å². The minimum absolute atomic E-state index is 0. The monoisotopic (exact) mass is 222 g/mol. The lowest BCUT2D eigenvalue weighted by atomic mass is 9.88. The topological polar surface area (TPSA) is 12.9 Å². The van der Waals surface area contributed by atoms with Gasteiger partial charge in [-0.25, -0.2) is 0 Å². The van der Waals surface area contributed by atoms with E-state index in [1.54, 1.807) is 6.20 Å². The molecule has 17 heavy (non-hydrogen) atoms. The second-order valence-corrected chi connectivity index (χ2v) is 3.84. The number of nitrogens with zero attached hydrogens (tertiary/aromatic N) is 1. The van der Waals surface area contributed by atoms with E-state index in [1.165, 1.54) is 5.56 Å². The first kappa shape index (κ1) is 15.8. The van der Waals surface area contributed by atoms with Crippen molar-refractivity contribution in [1.29, 1.82) is 0 Å². The molecule has 0 amide bonds. The summed E-state index contributed by atoms with van der Waals surface area (Å²) in [5.41, 5.74) is 2.94. The smallest absolute Gasteiger partial charge is 0.116 e. The number of aromatic nitrogens is 1. The predicted molar refractivity (Wildman–Crippen MR) is 78.3 cm³/mol. The van der Waals surface area contributed by atoms with E-state index >= 15 is 0 Å². The summed E-state index contributed by atoms with van der Waals surface area (Å²) in [7, 11) is 5.93. The highest BCUT2D eigenvalue weighted by Gasteiger charge is 2.03. The highest BCUT2D eigenvalue weighted by Crippen LogP contribution is 2.17. The molecule has 0 spiro atoms. The minimum atomic E-state index is 0. The Morgan fingerprint density at radius 1 is 1.18 bits per heavy atom. The fourth-order valence-electron chi connectivity index (χ4n) is 1.58. The van der Waals surface area contributed by atoms with Crippen LogP contribution in [0.3, 0.4) is 0 Å². The van der Waals surface area contributed by atoms with Crippen LogP contribution in [0.4, 0.5) is 0 Å². The number of fused-ring (bicyclic) bond motifs is 1. The molecule has 5 radical (unpaired) electrons. The molecule has 0 N–H and O–H groups in total. The number of hydrogen-bond donors (Lipinski definition) is 0. The zero-order chi connectivity index (χ0) is 12.1. The van der Waals surface area contributed by atoms with Gasteiger partial charge in [0.1, 0.15) is 7.85 Å². The van der Waals surface area contributed by atoms with Crippen molar-refractivity contribution in [3.63, 3.8) is 0 Å². The van der Waals surface area contributed by atoms with E-state index in [4.69, 9.17) is 7.85 Å². The Morgan fingerprint density at radius 3 is 2.41 bits per heavy atom. The summed E-state index contributed by atoms with van der Waals surface area (Å²) in [5, 5.41) is 1.12. The summed E-state index contributed by atoms with van der Waals surface area (Å²) < 4.78 is 0. The third kappa shape index (κ3) is 3.62. The number of pyridine rings is 1. The predicted octanol–water partition coefficient (Wildman–Crippen LogP) is 2.80. The number of rotatable bonds is 1. The second-order valence-electron chi connectivity index (χ2n) is 3.84. The zero-order valence-corrected chi connectivity index (χ0v) is 11.1. The average molecular weight is 222 g/mol. The maximum Gasteiger partial charge on any atom is 0.116 e. The van der Waals surface area contributed by atoms with Gasteiger partial charge in [0.15, 0.2) is 0 Å². The van der Waals surface area contributed by atoms with Crippen LogP contribution in [0.5, 0.6) is 0 Å². The van der Waals surface area contributed by atoms with Gasteiger partial charge in [-0.05, 0) is 29.0 Å². The van der Waals surface area contributed by atoms with Crippen molar-refractivity contribution < 1.29 is 0 Å². The van der Waals surface area contributed by atoms with E-state index in [1.807, 2.05) is 32.0 Å². The van der Waals surface area contributed by atoms with Gasteiger partial charge in [-0.15, -0.1) is 0 Å². The highest BCUT2D eigenvalue weighted by molar-refractivity contribution is 6.38. The van der Waals surface area contributed by atoms with Crippen LogP contribution in [-0.4, -0.2) is 21.2 Å². The maximum absolute atomic E-state index is 5.93. The van der Waals surface area contributed by atoms with Crippen LogP contribution >= 0.6 is 0 Å². The Balaban J connectivity index is 0.000000811. The van der Waals surface area contributed by atoms with Crippen LogP contribution in [0, 0.1) is 0 Å². The Kier molecular flexibility index (Phi) is 6.64. The molecule has 0 bridgehead atoms. The third-order valence-electron chi connectivity index (χ3n) is 2.42. The van der Waals surface area contributed by atoms with E-state index in [0.717, 1.165) is 16.4 Å². The van der Waals surface area contributed by atoms with E-state index < -0.39 is 0 Å². The van der Waals surface area contributed by atoms with E-state index in [0.29, 0.717) is 5.92 Å². The molecule has 1 heterocycles. The third-order valence-corrected chi connectivity index (χ3v) is 2.42. The SMILES string of the molecule is CC.[B].[B]c1cc(C(C)C)cc2cccnc12. The molecule has 1 aromatic heterocycles. The van der Waals surface area contributed by atoms with Gasteiger partial charge in [0.2, 0.25) is 0 Å². The van der Waals surface area contributed by atoms with Gasteiger partial charge in [0.05, 0.1) is 5.52 Å². The van der Waals surface area contributed by atoms with Gasteiger partial charge < -0.3 is 0 Å². The first-order valence-corrected chi connectivity index (χ1v) is 5.82. The fraction of sp³-hybridized carbons (Fsp3) is 0.357. The highest BCUT2D eigenvalue weighted by atomic mass is 14.6. The van der Waals surface area contributed by atoms with E-state index in [2.05, 4.69) is 24.9 Å². The largest absolute Gasteiger partial charge is 0.257 e. The molecular formula is C14H18B2N. The molecular weight excluding hydrogens is 204 g/mol. The molecule has 2 aromatic rings. The van der Waals surface area contributed by atoms with Gasteiger partial charge in [0, 0.05) is 14.6 Å². The molecule has 3 heteroatoms. The molecule has 0 unspecified atom stereocenters. The summed E-state index contributed by atoms with van der Waals surface area (Å²) in [5.74, 6) is 0.502. The summed E-state index contributed by atoms with van der Waals surface area (Å²) in [6.45, 7) is 8.33. The molecule has 0 aliphatic carbocycles. The van der Waals surface area contributed by atoms with Crippen molar-refractivity contribution >= 4 is 32.6 Å². The van der Waals surface area contributed by atoms with E-state index in [9.17, 15) is 0 Å². The zero-order valence-electron chi connectivity index (χ0n) is 11.1. The Bertz CT molecular complexity index is 467. The van der Waals surface area contributed by atoms with Crippen molar-refractivity contribution in [2.45, 2.75) is 33.6 Å². The van der Waals surface area contributed by atoms with Crippen LogP contribution in [0.25, 0.3) is 10.9 Å². The lowest BCUT2D eigenvalue weighted by Gasteiger charge is -2.09. The lowest BCUT2D eigenvalue weighted by molar-refractivity contribution is 0.869. The summed E-state index contributed by atoms with van der Waals surface area (Å²) in [6.07, 6.45) is 1.77. The minimum Gasteiger partial charge on any atom is -0.257 e. The lowest BCUT2D eigenvalue weighted by Crippen LogP contribution is -2.07. The Hall–Kier alpha value is -1.24. The molecule has 1 aromatic carbocycles. The second kappa shape index (κ2) is 7.16. The van der Waals surface area contributed by atoms with Gasteiger partial charge in [-0.1, -0.05) is 45.3 Å².